The van der Waals surface area contributed by atoms with Crippen molar-refractivity contribution in [3.63, 3.8) is 0 Å². The quantitative estimate of drug-likeness (QED) is 0.578. The zero-order valence-electron chi connectivity index (χ0n) is 17.1. The predicted molar refractivity (Wildman–Crippen MR) is 126 cm³/mol. The van der Waals surface area contributed by atoms with Gasteiger partial charge in [0.1, 0.15) is 5.82 Å². The highest BCUT2D eigenvalue weighted by atomic mass is 32.1. The van der Waals surface area contributed by atoms with Crippen molar-refractivity contribution in [2.24, 2.45) is 0 Å². The molecule has 1 aromatic carbocycles. The number of nitrogens with one attached hydrogen (secondary N) is 1. The zero-order chi connectivity index (χ0) is 21.8. The average Bonchev–Trinajstić information content (AvgIpc) is 3.27. The lowest BCUT2D eigenvalue weighted by Gasteiger charge is -2.36. The summed E-state index contributed by atoms with van der Waals surface area (Å²) in [7, 11) is 1.78. The second-order valence-corrected chi connectivity index (χ2v) is 8.56. The molecular weight excluding hydrogens is 427 g/mol. The van der Waals surface area contributed by atoms with Crippen molar-refractivity contribution in [1.82, 2.24) is 14.8 Å². The minimum absolute atomic E-state index is 0. The van der Waals surface area contributed by atoms with Gasteiger partial charge in [0.25, 0.3) is 5.91 Å². The summed E-state index contributed by atoms with van der Waals surface area (Å²) in [6.07, 6.45) is 4.65. The van der Waals surface area contributed by atoms with Crippen LogP contribution in [0.5, 0.6) is 0 Å². The maximum atomic E-state index is 13.5. The first-order valence-corrected chi connectivity index (χ1v) is 10.9. The van der Waals surface area contributed by atoms with E-state index >= 15 is 0 Å². The molecule has 0 bridgehead atoms. The number of amides is 3. The molecule has 8 heteroatoms. The second kappa shape index (κ2) is 10.4. The zero-order valence-corrected chi connectivity index (χ0v) is 17.9. The first-order valence-electron chi connectivity index (χ1n) is 10.1. The number of carbonyl (C=O) groups is 2. The van der Waals surface area contributed by atoms with E-state index < -0.39 is 0 Å². The molecule has 3 aromatic rings. The molecule has 0 spiro atoms. The van der Waals surface area contributed by atoms with Crippen LogP contribution < -0.4 is 5.32 Å². The third-order valence-corrected chi connectivity index (χ3v) is 6.52. The normalized spacial score (nSPS) is 13.9. The van der Waals surface area contributed by atoms with E-state index in [4.69, 9.17) is 0 Å². The van der Waals surface area contributed by atoms with Crippen molar-refractivity contribution in [2.45, 2.75) is 26.3 Å². The van der Waals surface area contributed by atoms with Crippen molar-refractivity contribution >= 4 is 28.3 Å². The standard InChI is InChI=1S/C23H23FN4O2S.CH4/c1-27(19-9-12-28(13-10-19)22(29)17-5-3-11-25-15-17)23(30)26-21-8-7-20(31-21)16-4-2-6-18(24)14-16;/h2-8,11,14-15,19H,9-10,12-13H2,1H3,(H,26,30);1H4. The molecule has 1 aliphatic rings. The number of benzene rings is 1. The molecule has 1 fully saturated rings. The predicted octanol–water partition coefficient (Wildman–Crippen LogP) is 5.35. The maximum Gasteiger partial charge on any atom is 0.322 e. The van der Waals surface area contributed by atoms with Gasteiger partial charge in [0.05, 0.1) is 10.6 Å². The monoisotopic (exact) mass is 454 g/mol. The molecule has 0 radical (unpaired) electrons. The third-order valence-electron chi connectivity index (χ3n) is 5.47. The Balaban J connectivity index is 0.00000289. The number of carbonyl (C=O) groups excluding carboxylic acids is 2. The lowest BCUT2D eigenvalue weighted by Crippen LogP contribution is -2.48. The fourth-order valence-corrected chi connectivity index (χ4v) is 4.58. The first-order chi connectivity index (χ1) is 15.0. The van der Waals surface area contributed by atoms with E-state index in [1.807, 2.05) is 23.1 Å². The Morgan fingerprint density at radius 2 is 1.94 bits per heavy atom. The van der Waals surface area contributed by atoms with Gasteiger partial charge in [0.15, 0.2) is 0 Å². The van der Waals surface area contributed by atoms with E-state index in [-0.39, 0.29) is 31.2 Å². The molecule has 32 heavy (non-hydrogen) atoms. The van der Waals surface area contributed by atoms with Gasteiger partial charge < -0.3 is 9.80 Å². The maximum absolute atomic E-state index is 13.5. The van der Waals surface area contributed by atoms with E-state index in [0.29, 0.717) is 23.7 Å². The van der Waals surface area contributed by atoms with Crippen LogP contribution in [0.1, 0.15) is 30.6 Å². The summed E-state index contributed by atoms with van der Waals surface area (Å²) in [4.78, 5) is 33.7. The molecule has 0 atom stereocenters. The number of nitrogens with zero attached hydrogens (tertiary/aromatic N) is 3. The molecule has 2 aromatic heterocycles. The molecule has 4 rings (SSSR count). The fourth-order valence-electron chi connectivity index (χ4n) is 3.69. The van der Waals surface area contributed by atoms with Crippen molar-refractivity contribution in [3.8, 4) is 10.4 Å². The number of hydrogen-bond donors (Lipinski definition) is 1. The van der Waals surface area contributed by atoms with E-state index in [1.54, 1.807) is 42.5 Å². The van der Waals surface area contributed by atoms with E-state index in [1.165, 1.54) is 23.5 Å². The van der Waals surface area contributed by atoms with Gasteiger partial charge in [-0.3, -0.25) is 15.1 Å². The summed E-state index contributed by atoms with van der Waals surface area (Å²) >= 11 is 1.40. The number of thiophene rings is 1. The summed E-state index contributed by atoms with van der Waals surface area (Å²) in [5.74, 6) is -0.313. The number of pyridine rings is 1. The molecule has 168 valence electrons. The Morgan fingerprint density at radius 1 is 1.16 bits per heavy atom. The van der Waals surface area contributed by atoms with Crippen LogP contribution in [0.4, 0.5) is 14.2 Å². The number of likely N-dealkylation sites (tertiary alicyclic amines) is 1. The molecule has 0 aliphatic carbocycles. The Morgan fingerprint density at radius 3 is 2.62 bits per heavy atom. The lowest BCUT2D eigenvalue weighted by molar-refractivity contribution is 0.0671. The van der Waals surface area contributed by atoms with Gasteiger partial charge in [-0.15, -0.1) is 11.3 Å². The number of rotatable bonds is 4. The average molecular weight is 455 g/mol. The van der Waals surface area contributed by atoms with Crippen molar-refractivity contribution in [3.05, 3.63) is 72.3 Å². The number of halogens is 1. The van der Waals surface area contributed by atoms with Gasteiger partial charge in [-0.1, -0.05) is 19.6 Å². The van der Waals surface area contributed by atoms with Crippen molar-refractivity contribution < 1.29 is 14.0 Å². The van der Waals surface area contributed by atoms with Crippen molar-refractivity contribution in [1.29, 1.82) is 0 Å². The van der Waals surface area contributed by atoms with Gasteiger partial charge >= 0.3 is 6.03 Å². The van der Waals surface area contributed by atoms with Crippen LogP contribution in [-0.2, 0) is 0 Å². The molecule has 3 heterocycles. The second-order valence-electron chi connectivity index (χ2n) is 7.48. The van der Waals surface area contributed by atoms with Crippen LogP contribution in [0.3, 0.4) is 0 Å². The summed E-state index contributed by atoms with van der Waals surface area (Å²) in [5, 5.41) is 3.64. The molecule has 6 nitrogen and oxygen atoms in total. The van der Waals surface area contributed by atoms with Gasteiger partial charge in [-0.2, -0.15) is 0 Å². The van der Waals surface area contributed by atoms with Crippen LogP contribution in [0.15, 0.2) is 60.9 Å². The van der Waals surface area contributed by atoms with E-state index in [0.717, 1.165) is 23.3 Å². The number of aromatic nitrogens is 1. The van der Waals surface area contributed by atoms with Crippen LogP contribution in [0.2, 0.25) is 0 Å². The Labute approximate surface area is 191 Å². The molecule has 0 unspecified atom stereocenters. The molecular formula is C24H27FN4O2S. The van der Waals surface area contributed by atoms with Crippen LogP contribution in [0.25, 0.3) is 10.4 Å². The topological polar surface area (TPSA) is 65.5 Å². The summed E-state index contributed by atoms with van der Waals surface area (Å²) in [6, 6.07) is 13.5. The Bertz CT molecular complexity index is 1060. The first kappa shape index (κ1) is 23.4. The molecule has 1 saturated heterocycles. The lowest BCUT2D eigenvalue weighted by atomic mass is 10.0. The van der Waals surface area contributed by atoms with E-state index in [9.17, 15) is 14.0 Å². The van der Waals surface area contributed by atoms with Gasteiger partial charge in [-0.25, -0.2) is 9.18 Å². The third kappa shape index (κ3) is 5.31. The highest BCUT2D eigenvalue weighted by Gasteiger charge is 2.28. The summed E-state index contributed by atoms with van der Waals surface area (Å²) in [6.45, 7) is 1.19. The largest absolute Gasteiger partial charge is 0.338 e. The molecule has 1 N–H and O–H groups in total. The number of piperidine rings is 1. The number of anilines is 1. The minimum atomic E-state index is -0.287. The highest BCUT2D eigenvalue weighted by molar-refractivity contribution is 7.19. The molecule has 0 saturated carbocycles. The van der Waals surface area contributed by atoms with E-state index in [2.05, 4.69) is 10.3 Å². The van der Waals surface area contributed by atoms with Crippen LogP contribution in [-0.4, -0.2) is 52.9 Å². The van der Waals surface area contributed by atoms with Gasteiger partial charge in [0.2, 0.25) is 0 Å². The smallest absolute Gasteiger partial charge is 0.322 e. The van der Waals surface area contributed by atoms with Crippen molar-refractivity contribution in [2.75, 3.05) is 25.5 Å². The minimum Gasteiger partial charge on any atom is -0.338 e. The SMILES string of the molecule is C.CN(C(=O)Nc1ccc(-c2cccc(F)c2)s1)C1CCN(C(=O)c2cccnc2)CC1. The number of hydrogen-bond acceptors (Lipinski definition) is 4. The summed E-state index contributed by atoms with van der Waals surface area (Å²) < 4.78 is 13.5. The highest BCUT2D eigenvalue weighted by Crippen LogP contribution is 2.32. The Kier molecular flexibility index (Phi) is 7.58. The summed E-state index contributed by atoms with van der Waals surface area (Å²) in [5.41, 5.74) is 1.36. The molecule has 1 aliphatic heterocycles. The van der Waals surface area contributed by atoms with Gasteiger partial charge in [0, 0.05) is 43.4 Å². The number of urea groups is 1. The fraction of sp³-hybridized carbons (Fsp3) is 0.292. The van der Waals surface area contributed by atoms with Crippen LogP contribution >= 0.6 is 11.3 Å². The Hall–Kier alpha value is -3.26. The molecule has 3 amide bonds. The van der Waals surface area contributed by atoms with Crippen LogP contribution in [0, 0.1) is 5.82 Å². The van der Waals surface area contributed by atoms with Gasteiger partial charge in [-0.05, 0) is 54.8 Å².